The van der Waals surface area contributed by atoms with Gasteiger partial charge in [-0.3, -0.25) is 0 Å². The summed E-state index contributed by atoms with van der Waals surface area (Å²) in [5.41, 5.74) is 2.61. The summed E-state index contributed by atoms with van der Waals surface area (Å²) in [6.07, 6.45) is 4.29. The first-order chi connectivity index (χ1) is 9.99. The van der Waals surface area contributed by atoms with Crippen molar-refractivity contribution in [2.75, 3.05) is 19.8 Å². The molecular weight excluding hydrogens is 281 g/mol. The largest absolute Gasteiger partial charge is 0.411 e. The normalized spacial score (nSPS) is 18.8. The number of hydrogen-bond donors (Lipinski definition) is 1. The monoisotopic (exact) mass is 304 g/mol. The molecule has 0 aliphatic heterocycles. The molecule has 0 saturated heterocycles. The van der Waals surface area contributed by atoms with Gasteiger partial charge >= 0.3 is 6.18 Å². The Morgan fingerprint density at radius 2 is 2.19 bits per heavy atom. The number of ether oxygens (including phenoxy) is 1. The average Bonchev–Trinajstić information content (AvgIpc) is 2.83. The minimum Gasteiger partial charge on any atom is -0.370 e. The van der Waals surface area contributed by atoms with Crippen molar-refractivity contribution in [3.8, 4) is 0 Å². The molecule has 1 aromatic rings. The van der Waals surface area contributed by atoms with E-state index in [2.05, 4.69) is 23.2 Å². The van der Waals surface area contributed by atoms with E-state index >= 15 is 0 Å². The summed E-state index contributed by atoms with van der Waals surface area (Å²) in [4.78, 5) is 0. The highest BCUT2D eigenvalue weighted by Gasteiger charge is 2.27. The SMILES string of the molecule is CCCNC1CCCc2cn(CCOCC(F)(F)F)cc21. The second kappa shape index (κ2) is 7.31. The van der Waals surface area contributed by atoms with E-state index in [0.717, 1.165) is 32.2 Å². The Labute approximate surface area is 123 Å². The highest BCUT2D eigenvalue weighted by Crippen LogP contribution is 2.30. The van der Waals surface area contributed by atoms with E-state index in [1.165, 1.54) is 11.1 Å². The number of aryl methyl sites for hydroxylation is 1. The van der Waals surface area contributed by atoms with E-state index in [9.17, 15) is 13.2 Å². The Bertz CT molecular complexity index is 443. The van der Waals surface area contributed by atoms with Crippen molar-refractivity contribution in [1.29, 1.82) is 0 Å². The van der Waals surface area contributed by atoms with Crippen molar-refractivity contribution in [1.82, 2.24) is 9.88 Å². The molecule has 21 heavy (non-hydrogen) atoms. The zero-order valence-electron chi connectivity index (χ0n) is 12.4. The van der Waals surface area contributed by atoms with Gasteiger partial charge in [0.1, 0.15) is 6.61 Å². The Kier molecular flexibility index (Phi) is 5.70. The highest BCUT2D eigenvalue weighted by molar-refractivity contribution is 5.30. The summed E-state index contributed by atoms with van der Waals surface area (Å²) < 4.78 is 42.6. The number of nitrogens with one attached hydrogen (secondary N) is 1. The maximum absolute atomic E-state index is 12.0. The molecule has 1 aliphatic rings. The fourth-order valence-corrected chi connectivity index (χ4v) is 2.77. The van der Waals surface area contributed by atoms with E-state index in [0.29, 0.717) is 12.6 Å². The molecule has 0 amide bonds. The first-order valence-corrected chi connectivity index (χ1v) is 7.56. The molecule has 6 heteroatoms. The van der Waals surface area contributed by atoms with Gasteiger partial charge in [-0.15, -0.1) is 0 Å². The fourth-order valence-electron chi connectivity index (χ4n) is 2.77. The molecule has 0 saturated carbocycles. The first kappa shape index (κ1) is 16.4. The zero-order chi connectivity index (χ0) is 15.3. The van der Waals surface area contributed by atoms with Crippen LogP contribution in [0.3, 0.4) is 0 Å². The summed E-state index contributed by atoms with van der Waals surface area (Å²) in [5, 5.41) is 3.53. The number of rotatable bonds is 7. The number of fused-ring (bicyclic) bond motifs is 1. The van der Waals surface area contributed by atoms with Crippen LogP contribution < -0.4 is 5.32 Å². The lowest BCUT2D eigenvalue weighted by molar-refractivity contribution is -0.174. The number of halogens is 3. The molecule has 1 N–H and O–H groups in total. The molecule has 0 bridgehead atoms. The molecule has 120 valence electrons. The van der Waals surface area contributed by atoms with Gasteiger partial charge in [-0.25, -0.2) is 0 Å². The molecule has 0 spiro atoms. The maximum atomic E-state index is 12.0. The summed E-state index contributed by atoms with van der Waals surface area (Å²) in [5.74, 6) is 0. The Morgan fingerprint density at radius 3 is 2.90 bits per heavy atom. The molecule has 1 heterocycles. The van der Waals surface area contributed by atoms with Crippen LogP contribution in [0.5, 0.6) is 0 Å². The van der Waals surface area contributed by atoms with Crippen LogP contribution in [0, 0.1) is 0 Å². The molecule has 1 aliphatic carbocycles. The summed E-state index contributed by atoms with van der Waals surface area (Å²) >= 11 is 0. The number of hydrogen-bond acceptors (Lipinski definition) is 2. The molecule has 0 fully saturated rings. The van der Waals surface area contributed by atoms with E-state index in [1.54, 1.807) is 0 Å². The summed E-state index contributed by atoms with van der Waals surface area (Å²) in [6.45, 7) is 2.50. The lowest BCUT2D eigenvalue weighted by atomic mass is 9.91. The molecule has 3 nitrogen and oxygen atoms in total. The second-order valence-corrected chi connectivity index (χ2v) is 5.54. The summed E-state index contributed by atoms with van der Waals surface area (Å²) in [7, 11) is 0. The van der Waals surface area contributed by atoms with Crippen molar-refractivity contribution >= 4 is 0 Å². The predicted octanol–water partition coefficient (Wildman–Crippen LogP) is 3.44. The smallest absolute Gasteiger partial charge is 0.370 e. The van der Waals surface area contributed by atoms with Crippen LogP contribution in [0.1, 0.15) is 43.4 Å². The minimum absolute atomic E-state index is 0.0835. The molecule has 1 unspecified atom stereocenters. The molecule has 1 atom stereocenters. The van der Waals surface area contributed by atoms with Crippen molar-refractivity contribution in [3.63, 3.8) is 0 Å². The van der Waals surface area contributed by atoms with Crippen LogP contribution in [0.15, 0.2) is 12.4 Å². The minimum atomic E-state index is -4.24. The number of nitrogens with zero attached hydrogens (tertiary/aromatic N) is 1. The van der Waals surface area contributed by atoms with E-state index in [-0.39, 0.29) is 6.61 Å². The van der Waals surface area contributed by atoms with Crippen LogP contribution in [0.2, 0.25) is 0 Å². The quantitative estimate of drug-likeness (QED) is 0.781. The van der Waals surface area contributed by atoms with Crippen LogP contribution in [-0.4, -0.2) is 30.5 Å². The summed E-state index contributed by atoms with van der Waals surface area (Å²) in [6, 6.07) is 0.381. The zero-order valence-corrected chi connectivity index (χ0v) is 12.4. The lowest BCUT2D eigenvalue weighted by Gasteiger charge is -2.23. The van der Waals surface area contributed by atoms with Gasteiger partial charge in [0.15, 0.2) is 0 Å². The van der Waals surface area contributed by atoms with Crippen LogP contribution >= 0.6 is 0 Å². The Hall–Kier alpha value is -1.01. The number of alkyl halides is 3. The van der Waals surface area contributed by atoms with Gasteiger partial charge in [0, 0.05) is 25.0 Å². The molecule has 0 radical (unpaired) electrons. The molecule has 0 aromatic carbocycles. The third kappa shape index (κ3) is 5.04. The van der Waals surface area contributed by atoms with Crippen LogP contribution in [-0.2, 0) is 17.7 Å². The van der Waals surface area contributed by atoms with Gasteiger partial charge in [0.2, 0.25) is 0 Å². The molecular formula is C15H23F3N2O. The van der Waals surface area contributed by atoms with Gasteiger partial charge in [-0.1, -0.05) is 6.92 Å². The highest BCUT2D eigenvalue weighted by atomic mass is 19.4. The van der Waals surface area contributed by atoms with Crippen LogP contribution in [0.4, 0.5) is 13.2 Å². The van der Waals surface area contributed by atoms with Gasteiger partial charge in [0.05, 0.1) is 6.61 Å². The van der Waals surface area contributed by atoms with E-state index in [1.807, 2.05) is 10.8 Å². The standard InChI is InChI=1S/C15H23F3N2O/c1-2-6-19-14-5-3-4-12-9-20(10-13(12)14)7-8-21-11-15(16,17)18/h9-10,14,19H,2-8,11H2,1H3. The van der Waals surface area contributed by atoms with Crippen molar-refractivity contribution in [3.05, 3.63) is 23.5 Å². The maximum Gasteiger partial charge on any atom is 0.411 e. The molecule has 2 rings (SSSR count). The number of aromatic nitrogens is 1. The Morgan fingerprint density at radius 1 is 1.38 bits per heavy atom. The second-order valence-electron chi connectivity index (χ2n) is 5.54. The lowest BCUT2D eigenvalue weighted by Crippen LogP contribution is -2.24. The fraction of sp³-hybridized carbons (Fsp3) is 0.733. The first-order valence-electron chi connectivity index (χ1n) is 7.56. The van der Waals surface area contributed by atoms with Gasteiger partial charge in [0.25, 0.3) is 0 Å². The van der Waals surface area contributed by atoms with Crippen molar-refractivity contribution in [2.24, 2.45) is 0 Å². The van der Waals surface area contributed by atoms with Gasteiger partial charge < -0.3 is 14.6 Å². The van der Waals surface area contributed by atoms with Crippen molar-refractivity contribution < 1.29 is 17.9 Å². The van der Waals surface area contributed by atoms with E-state index < -0.39 is 12.8 Å². The van der Waals surface area contributed by atoms with Crippen LogP contribution in [0.25, 0.3) is 0 Å². The molecule has 1 aromatic heterocycles. The average molecular weight is 304 g/mol. The Balaban J connectivity index is 1.87. The van der Waals surface area contributed by atoms with Gasteiger partial charge in [-0.2, -0.15) is 13.2 Å². The topological polar surface area (TPSA) is 26.2 Å². The predicted molar refractivity (Wildman–Crippen MR) is 75.3 cm³/mol. The van der Waals surface area contributed by atoms with E-state index in [4.69, 9.17) is 0 Å². The van der Waals surface area contributed by atoms with Gasteiger partial charge in [-0.05, 0) is 43.4 Å². The van der Waals surface area contributed by atoms with Crippen molar-refractivity contribution in [2.45, 2.75) is 51.4 Å². The third-order valence-corrected chi connectivity index (χ3v) is 3.71. The third-order valence-electron chi connectivity index (χ3n) is 3.71.